The minimum Gasteiger partial charge on any atom is -0.309 e. The summed E-state index contributed by atoms with van der Waals surface area (Å²) in [6.07, 6.45) is 0. The van der Waals surface area contributed by atoms with Crippen LogP contribution in [-0.2, 0) is 5.75 Å². The molecule has 0 aliphatic heterocycles. The Hall–Kier alpha value is -2.15. The van der Waals surface area contributed by atoms with Crippen LogP contribution >= 0.6 is 34.7 Å². The Morgan fingerprint density at radius 2 is 1.96 bits per heavy atom. The molecule has 7 heteroatoms. The van der Waals surface area contributed by atoms with E-state index in [2.05, 4.69) is 46.1 Å². The van der Waals surface area contributed by atoms with Gasteiger partial charge >= 0.3 is 0 Å². The molecule has 0 amide bonds. The zero-order valence-corrected chi connectivity index (χ0v) is 16.2. The summed E-state index contributed by atoms with van der Waals surface area (Å²) in [7, 11) is 0. The smallest absolute Gasteiger partial charge is 0.258 e. The highest BCUT2D eigenvalue weighted by atomic mass is 35.5. The Kier molecular flexibility index (Phi) is 4.80. The standard InChI is InChI=1S/C19H14ClN3OS2/c1-11-2-4-12(5-3-11)16-9-25-19(22-16)26-10-17-21-15-7-6-13(20)8-14(15)18(24)23-17/h2-9H,10H2,1H3,(H,21,23,24). The summed E-state index contributed by atoms with van der Waals surface area (Å²) >= 11 is 9.10. The van der Waals surface area contributed by atoms with E-state index >= 15 is 0 Å². The van der Waals surface area contributed by atoms with E-state index in [9.17, 15) is 4.79 Å². The van der Waals surface area contributed by atoms with Crippen molar-refractivity contribution in [2.45, 2.75) is 17.0 Å². The average Bonchev–Trinajstić information content (AvgIpc) is 3.10. The second-order valence-electron chi connectivity index (χ2n) is 5.83. The molecule has 0 saturated carbocycles. The van der Waals surface area contributed by atoms with E-state index in [4.69, 9.17) is 11.6 Å². The summed E-state index contributed by atoms with van der Waals surface area (Å²) < 4.78 is 0.944. The molecule has 0 bridgehead atoms. The molecule has 0 fully saturated rings. The SMILES string of the molecule is Cc1ccc(-c2csc(SCc3nc4ccc(Cl)cc4c(=O)[nH]3)n2)cc1. The van der Waals surface area contributed by atoms with Gasteiger partial charge in [-0.15, -0.1) is 11.3 Å². The van der Waals surface area contributed by atoms with E-state index in [-0.39, 0.29) is 5.56 Å². The van der Waals surface area contributed by atoms with Crippen molar-refractivity contribution >= 4 is 45.6 Å². The third-order valence-electron chi connectivity index (χ3n) is 3.88. The molecule has 26 heavy (non-hydrogen) atoms. The summed E-state index contributed by atoms with van der Waals surface area (Å²) in [4.78, 5) is 24.2. The zero-order chi connectivity index (χ0) is 18.1. The molecule has 0 atom stereocenters. The molecule has 4 nitrogen and oxygen atoms in total. The van der Waals surface area contributed by atoms with Crippen molar-refractivity contribution in [3.8, 4) is 11.3 Å². The number of hydrogen-bond donors (Lipinski definition) is 1. The second kappa shape index (κ2) is 7.23. The van der Waals surface area contributed by atoms with E-state index in [1.54, 1.807) is 41.3 Å². The molecule has 0 radical (unpaired) electrons. The summed E-state index contributed by atoms with van der Waals surface area (Å²) in [5, 5.41) is 3.08. The van der Waals surface area contributed by atoms with Gasteiger partial charge < -0.3 is 4.98 Å². The monoisotopic (exact) mass is 399 g/mol. The van der Waals surface area contributed by atoms with Crippen LogP contribution < -0.4 is 5.56 Å². The summed E-state index contributed by atoms with van der Waals surface area (Å²) in [6.45, 7) is 2.07. The van der Waals surface area contributed by atoms with Gasteiger partial charge in [-0.05, 0) is 25.1 Å². The molecule has 0 unspecified atom stereocenters. The molecule has 1 N–H and O–H groups in total. The maximum Gasteiger partial charge on any atom is 0.258 e. The Morgan fingerprint density at radius 3 is 2.77 bits per heavy atom. The molecular weight excluding hydrogens is 386 g/mol. The number of rotatable bonds is 4. The Bertz CT molecular complexity index is 1140. The number of thiazole rings is 1. The predicted molar refractivity (Wildman–Crippen MR) is 109 cm³/mol. The number of aromatic amines is 1. The molecule has 4 rings (SSSR count). The van der Waals surface area contributed by atoms with Crippen molar-refractivity contribution in [2.24, 2.45) is 0 Å². The number of nitrogens with one attached hydrogen (secondary N) is 1. The topological polar surface area (TPSA) is 58.6 Å². The molecule has 2 heterocycles. The van der Waals surface area contributed by atoms with Gasteiger partial charge in [0.15, 0.2) is 4.34 Å². The highest BCUT2D eigenvalue weighted by Crippen LogP contribution is 2.30. The van der Waals surface area contributed by atoms with Gasteiger partial charge in [0, 0.05) is 16.0 Å². The van der Waals surface area contributed by atoms with Crippen LogP contribution in [0, 0.1) is 6.92 Å². The molecule has 0 saturated heterocycles. The molecule has 0 aliphatic carbocycles. The largest absolute Gasteiger partial charge is 0.309 e. The van der Waals surface area contributed by atoms with E-state index in [0.29, 0.717) is 27.5 Å². The maximum atomic E-state index is 12.2. The van der Waals surface area contributed by atoms with Crippen LogP contribution in [0.25, 0.3) is 22.2 Å². The van der Waals surface area contributed by atoms with E-state index in [1.165, 1.54) is 5.56 Å². The number of hydrogen-bond acceptors (Lipinski definition) is 5. The van der Waals surface area contributed by atoms with Crippen molar-refractivity contribution < 1.29 is 0 Å². The van der Waals surface area contributed by atoms with E-state index in [0.717, 1.165) is 15.6 Å². The number of H-pyrrole nitrogens is 1. The number of thioether (sulfide) groups is 1. The van der Waals surface area contributed by atoms with Crippen LogP contribution in [0.5, 0.6) is 0 Å². The Morgan fingerprint density at radius 1 is 1.15 bits per heavy atom. The fourth-order valence-corrected chi connectivity index (χ4v) is 4.42. The number of aromatic nitrogens is 3. The van der Waals surface area contributed by atoms with Gasteiger partial charge in [-0.3, -0.25) is 4.79 Å². The summed E-state index contributed by atoms with van der Waals surface area (Å²) in [5.74, 6) is 1.18. The first kappa shape index (κ1) is 17.3. The van der Waals surface area contributed by atoms with Crippen LogP contribution in [0.4, 0.5) is 0 Å². The molecule has 2 aromatic carbocycles. The first-order chi connectivity index (χ1) is 12.6. The lowest BCUT2D eigenvalue weighted by molar-refractivity contribution is 1.04. The average molecular weight is 400 g/mol. The molecule has 2 aromatic heterocycles. The highest BCUT2D eigenvalue weighted by molar-refractivity contribution is 8.00. The molecular formula is C19H14ClN3OS2. The fraction of sp³-hybridized carbons (Fsp3) is 0.105. The van der Waals surface area contributed by atoms with E-state index in [1.807, 2.05) is 5.38 Å². The lowest BCUT2D eigenvalue weighted by atomic mass is 10.1. The number of aryl methyl sites for hydroxylation is 1. The first-order valence-electron chi connectivity index (χ1n) is 7.92. The van der Waals surface area contributed by atoms with Crippen molar-refractivity contribution in [3.05, 3.63) is 74.6 Å². The Balaban J connectivity index is 1.52. The van der Waals surface area contributed by atoms with E-state index < -0.39 is 0 Å². The molecule has 0 spiro atoms. The second-order valence-corrected chi connectivity index (χ2v) is 8.34. The maximum absolute atomic E-state index is 12.2. The number of halogens is 1. The first-order valence-corrected chi connectivity index (χ1v) is 10.2. The van der Waals surface area contributed by atoms with Gasteiger partial charge in [0.1, 0.15) is 5.82 Å². The van der Waals surface area contributed by atoms with Crippen molar-refractivity contribution in [1.29, 1.82) is 0 Å². The van der Waals surface area contributed by atoms with Gasteiger partial charge in [0.25, 0.3) is 5.56 Å². The van der Waals surface area contributed by atoms with Gasteiger partial charge in [-0.1, -0.05) is 53.2 Å². The van der Waals surface area contributed by atoms with Gasteiger partial charge in [-0.2, -0.15) is 0 Å². The number of benzene rings is 2. The number of fused-ring (bicyclic) bond motifs is 1. The van der Waals surface area contributed by atoms with Crippen LogP contribution in [0.2, 0.25) is 5.02 Å². The van der Waals surface area contributed by atoms with Crippen LogP contribution in [0.1, 0.15) is 11.4 Å². The van der Waals surface area contributed by atoms with Gasteiger partial charge in [0.05, 0.1) is 22.3 Å². The third-order valence-corrected chi connectivity index (χ3v) is 6.15. The molecule has 4 aromatic rings. The summed E-state index contributed by atoms with van der Waals surface area (Å²) in [6, 6.07) is 13.4. The minimum absolute atomic E-state index is 0.174. The summed E-state index contributed by atoms with van der Waals surface area (Å²) in [5.41, 5.74) is 3.77. The third kappa shape index (κ3) is 3.67. The lowest BCUT2D eigenvalue weighted by Crippen LogP contribution is -2.11. The van der Waals surface area contributed by atoms with Crippen LogP contribution in [0.15, 0.2) is 57.0 Å². The molecule has 130 valence electrons. The molecule has 0 aliphatic rings. The quantitative estimate of drug-likeness (QED) is 0.473. The predicted octanol–water partition coefficient (Wildman–Crippen LogP) is 5.30. The number of nitrogens with zero attached hydrogens (tertiary/aromatic N) is 2. The minimum atomic E-state index is -0.174. The van der Waals surface area contributed by atoms with Crippen molar-refractivity contribution in [1.82, 2.24) is 15.0 Å². The lowest BCUT2D eigenvalue weighted by Gasteiger charge is -2.02. The normalized spacial score (nSPS) is 11.2. The fourth-order valence-electron chi connectivity index (χ4n) is 2.54. The van der Waals surface area contributed by atoms with Gasteiger partial charge in [-0.25, -0.2) is 9.97 Å². The van der Waals surface area contributed by atoms with Gasteiger partial charge in [0.2, 0.25) is 0 Å². The zero-order valence-electron chi connectivity index (χ0n) is 13.8. The van der Waals surface area contributed by atoms with Crippen molar-refractivity contribution in [2.75, 3.05) is 0 Å². The Labute approximate surface area is 163 Å². The van der Waals surface area contributed by atoms with Crippen LogP contribution in [0.3, 0.4) is 0 Å². The highest BCUT2D eigenvalue weighted by Gasteiger charge is 2.08. The van der Waals surface area contributed by atoms with Crippen LogP contribution in [-0.4, -0.2) is 15.0 Å². The van der Waals surface area contributed by atoms with Crippen molar-refractivity contribution in [3.63, 3.8) is 0 Å².